The van der Waals surface area contributed by atoms with E-state index in [0.29, 0.717) is 12.6 Å². The van der Waals surface area contributed by atoms with Crippen LogP contribution in [0, 0.1) is 5.41 Å². The van der Waals surface area contributed by atoms with Gasteiger partial charge in [-0.05, 0) is 57.0 Å². The van der Waals surface area contributed by atoms with E-state index in [-0.39, 0.29) is 18.1 Å². The first-order valence-electron chi connectivity index (χ1n) is 8.89. The minimum absolute atomic E-state index is 0.0449. The van der Waals surface area contributed by atoms with Crippen molar-refractivity contribution in [3.8, 4) is 0 Å². The second-order valence-electron chi connectivity index (χ2n) is 7.64. The number of urea groups is 1. The van der Waals surface area contributed by atoms with Gasteiger partial charge in [0.15, 0.2) is 0 Å². The lowest BCUT2D eigenvalue weighted by Crippen LogP contribution is -2.51. The first-order chi connectivity index (χ1) is 10.5. The van der Waals surface area contributed by atoms with Crippen molar-refractivity contribution in [2.75, 3.05) is 39.3 Å². The number of aliphatic hydroxyl groups is 1. The number of amides is 2. The highest BCUT2D eigenvalue weighted by molar-refractivity contribution is 5.74. The summed E-state index contributed by atoms with van der Waals surface area (Å²) in [6, 6.07) is 0.654. The Morgan fingerprint density at radius 1 is 1.23 bits per heavy atom. The summed E-state index contributed by atoms with van der Waals surface area (Å²) in [6.45, 7) is 9.19. The van der Waals surface area contributed by atoms with Gasteiger partial charge in [0.05, 0.1) is 0 Å². The molecule has 0 bridgehead atoms. The van der Waals surface area contributed by atoms with Gasteiger partial charge >= 0.3 is 6.03 Å². The molecule has 1 atom stereocenters. The molecular formula is C17H33N3O2. The monoisotopic (exact) mass is 311 g/mol. The van der Waals surface area contributed by atoms with E-state index in [4.69, 9.17) is 0 Å². The lowest BCUT2D eigenvalue weighted by atomic mass is 9.89. The van der Waals surface area contributed by atoms with Gasteiger partial charge in [-0.2, -0.15) is 0 Å². The third kappa shape index (κ3) is 5.13. The molecule has 128 valence electrons. The van der Waals surface area contributed by atoms with Gasteiger partial charge < -0.3 is 15.3 Å². The van der Waals surface area contributed by atoms with E-state index >= 15 is 0 Å². The predicted molar refractivity (Wildman–Crippen MR) is 88.9 cm³/mol. The summed E-state index contributed by atoms with van der Waals surface area (Å²) in [5.41, 5.74) is -0.0449. The maximum Gasteiger partial charge on any atom is 0.317 e. The molecule has 0 radical (unpaired) electrons. The average Bonchev–Trinajstić information content (AvgIpc) is 3.06. The maximum absolute atomic E-state index is 12.3. The molecule has 2 heterocycles. The summed E-state index contributed by atoms with van der Waals surface area (Å²) in [7, 11) is 0. The van der Waals surface area contributed by atoms with E-state index < -0.39 is 0 Å². The van der Waals surface area contributed by atoms with Gasteiger partial charge in [0, 0.05) is 32.3 Å². The van der Waals surface area contributed by atoms with E-state index in [1.165, 1.54) is 32.4 Å². The van der Waals surface area contributed by atoms with Crippen LogP contribution in [0.1, 0.15) is 52.4 Å². The molecule has 22 heavy (non-hydrogen) atoms. The Morgan fingerprint density at radius 2 is 1.95 bits per heavy atom. The molecule has 2 saturated heterocycles. The largest absolute Gasteiger partial charge is 0.396 e. The molecule has 2 N–H and O–H groups in total. The summed E-state index contributed by atoms with van der Waals surface area (Å²) in [6.07, 6.45) is 6.82. The van der Waals surface area contributed by atoms with Crippen LogP contribution < -0.4 is 5.32 Å². The number of nitrogens with one attached hydrogen (secondary N) is 1. The average molecular weight is 311 g/mol. The molecule has 2 fully saturated rings. The van der Waals surface area contributed by atoms with E-state index in [1.807, 2.05) is 4.90 Å². The molecule has 2 aliphatic heterocycles. The van der Waals surface area contributed by atoms with Crippen molar-refractivity contribution < 1.29 is 9.90 Å². The van der Waals surface area contributed by atoms with Gasteiger partial charge in [0.25, 0.3) is 0 Å². The van der Waals surface area contributed by atoms with Crippen molar-refractivity contribution >= 4 is 6.03 Å². The number of rotatable bonds is 6. The first-order valence-corrected chi connectivity index (χ1v) is 8.89. The highest BCUT2D eigenvalue weighted by Crippen LogP contribution is 2.21. The molecule has 0 aromatic carbocycles. The van der Waals surface area contributed by atoms with Gasteiger partial charge in [-0.25, -0.2) is 4.79 Å². The topological polar surface area (TPSA) is 55.8 Å². The van der Waals surface area contributed by atoms with Crippen LogP contribution in [0.4, 0.5) is 4.79 Å². The minimum Gasteiger partial charge on any atom is -0.396 e. The molecule has 0 aromatic heterocycles. The fourth-order valence-corrected chi connectivity index (χ4v) is 3.50. The Bertz CT molecular complexity index is 354. The number of carbonyl (C=O) groups is 1. The molecule has 0 spiro atoms. The Kier molecular flexibility index (Phi) is 6.50. The van der Waals surface area contributed by atoms with Crippen molar-refractivity contribution in [2.45, 2.75) is 58.4 Å². The number of hydrogen-bond donors (Lipinski definition) is 2. The predicted octanol–water partition coefficient (Wildman–Crippen LogP) is 2.05. The zero-order valence-corrected chi connectivity index (χ0v) is 14.3. The fourth-order valence-electron chi connectivity index (χ4n) is 3.50. The SMILES string of the molecule is CC(C)(CO)CCCNC(=O)N1CCCC(N2CCCC2)C1. The van der Waals surface area contributed by atoms with Gasteiger partial charge in [-0.3, -0.25) is 4.90 Å². The molecule has 5 nitrogen and oxygen atoms in total. The molecule has 0 aromatic rings. The highest BCUT2D eigenvalue weighted by Gasteiger charge is 2.29. The smallest absolute Gasteiger partial charge is 0.317 e. The van der Waals surface area contributed by atoms with E-state index in [9.17, 15) is 9.90 Å². The number of nitrogens with zero attached hydrogens (tertiary/aromatic N) is 2. The number of aliphatic hydroxyl groups excluding tert-OH is 1. The second kappa shape index (κ2) is 8.16. The van der Waals surface area contributed by atoms with Crippen LogP contribution in [-0.4, -0.2) is 66.3 Å². The molecule has 1 unspecified atom stereocenters. The second-order valence-corrected chi connectivity index (χ2v) is 7.64. The van der Waals surface area contributed by atoms with Crippen molar-refractivity contribution in [2.24, 2.45) is 5.41 Å². The highest BCUT2D eigenvalue weighted by atomic mass is 16.3. The zero-order valence-electron chi connectivity index (χ0n) is 14.3. The normalized spacial score (nSPS) is 23.8. The van der Waals surface area contributed by atoms with Crippen LogP contribution in [-0.2, 0) is 0 Å². The third-order valence-electron chi connectivity index (χ3n) is 5.08. The van der Waals surface area contributed by atoms with Crippen LogP contribution in [0.5, 0.6) is 0 Å². The summed E-state index contributed by atoms with van der Waals surface area (Å²) in [5.74, 6) is 0. The van der Waals surface area contributed by atoms with Crippen molar-refractivity contribution in [1.82, 2.24) is 15.1 Å². The van der Waals surface area contributed by atoms with E-state index in [0.717, 1.165) is 32.4 Å². The Labute approximate surface area is 135 Å². The molecule has 2 rings (SSSR count). The summed E-state index contributed by atoms with van der Waals surface area (Å²) < 4.78 is 0. The van der Waals surface area contributed by atoms with Crippen LogP contribution in [0.15, 0.2) is 0 Å². The molecule has 0 saturated carbocycles. The number of carbonyl (C=O) groups excluding carboxylic acids is 1. The standard InChI is InChI=1S/C17H33N3O2/c1-17(2,14-21)8-6-9-18-16(22)20-12-5-7-15(13-20)19-10-3-4-11-19/h15,21H,3-14H2,1-2H3,(H,18,22). The lowest BCUT2D eigenvalue weighted by molar-refractivity contribution is 0.124. The van der Waals surface area contributed by atoms with E-state index in [2.05, 4.69) is 24.1 Å². The fraction of sp³-hybridized carbons (Fsp3) is 0.941. The Hall–Kier alpha value is -0.810. The summed E-state index contributed by atoms with van der Waals surface area (Å²) in [5, 5.41) is 12.3. The van der Waals surface area contributed by atoms with Gasteiger partial charge in [-0.15, -0.1) is 0 Å². The van der Waals surface area contributed by atoms with Crippen LogP contribution >= 0.6 is 0 Å². The van der Waals surface area contributed by atoms with Gasteiger partial charge in [0.2, 0.25) is 0 Å². The van der Waals surface area contributed by atoms with Crippen LogP contribution in [0.3, 0.4) is 0 Å². The number of piperidine rings is 1. The molecule has 2 aliphatic rings. The number of hydrogen-bond acceptors (Lipinski definition) is 3. The molecule has 2 amide bonds. The van der Waals surface area contributed by atoms with E-state index in [1.54, 1.807) is 0 Å². The van der Waals surface area contributed by atoms with Crippen LogP contribution in [0.2, 0.25) is 0 Å². The van der Waals surface area contributed by atoms with Crippen molar-refractivity contribution in [1.29, 1.82) is 0 Å². The van der Waals surface area contributed by atoms with Gasteiger partial charge in [-0.1, -0.05) is 13.8 Å². The zero-order chi connectivity index (χ0) is 16.0. The van der Waals surface area contributed by atoms with Gasteiger partial charge in [0.1, 0.15) is 0 Å². The quantitative estimate of drug-likeness (QED) is 0.738. The molecule has 5 heteroatoms. The molecular weight excluding hydrogens is 278 g/mol. The summed E-state index contributed by atoms with van der Waals surface area (Å²) in [4.78, 5) is 16.8. The lowest BCUT2D eigenvalue weighted by Gasteiger charge is -2.37. The van der Waals surface area contributed by atoms with Crippen molar-refractivity contribution in [3.63, 3.8) is 0 Å². The Balaban J connectivity index is 1.68. The third-order valence-corrected chi connectivity index (χ3v) is 5.08. The van der Waals surface area contributed by atoms with Crippen LogP contribution in [0.25, 0.3) is 0 Å². The Morgan fingerprint density at radius 3 is 2.64 bits per heavy atom. The minimum atomic E-state index is -0.0449. The first kappa shape index (κ1) is 17.5. The number of likely N-dealkylation sites (tertiary alicyclic amines) is 2. The summed E-state index contributed by atoms with van der Waals surface area (Å²) >= 11 is 0. The van der Waals surface area contributed by atoms with Crippen molar-refractivity contribution in [3.05, 3.63) is 0 Å². The molecule has 0 aliphatic carbocycles. The maximum atomic E-state index is 12.3.